The summed E-state index contributed by atoms with van der Waals surface area (Å²) in [6.45, 7) is 8.18. The topological polar surface area (TPSA) is 23.5 Å². The summed E-state index contributed by atoms with van der Waals surface area (Å²) in [4.78, 5) is 2.11. The van der Waals surface area contributed by atoms with E-state index < -0.39 is 6.10 Å². The second kappa shape index (κ2) is 6.19. The highest BCUT2D eigenvalue weighted by molar-refractivity contribution is 5.54. The van der Waals surface area contributed by atoms with Crippen LogP contribution in [0.4, 0.5) is 10.1 Å². The maximum absolute atomic E-state index is 13.3. The van der Waals surface area contributed by atoms with Crippen molar-refractivity contribution in [1.29, 1.82) is 0 Å². The molecule has 1 aromatic carbocycles. The van der Waals surface area contributed by atoms with Gasteiger partial charge in [0.25, 0.3) is 0 Å². The molecule has 0 fully saturated rings. The van der Waals surface area contributed by atoms with Crippen molar-refractivity contribution in [3.8, 4) is 0 Å². The highest BCUT2D eigenvalue weighted by Gasteiger charge is 2.17. The summed E-state index contributed by atoms with van der Waals surface area (Å²) < 4.78 is 13.3. The van der Waals surface area contributed by atoms with Crippen LogP contribution in [0.25, 0.3) is 0 Å². The fourth-order valence-corrected chi connectivity index (χ4v) is 2.26. The van der Waals surface area contributed by atoms with E-state index >= 15 is 0 Å². The first-order valence-electron chi connectivity index (χ1n) is 6.53. The van der Waals surface area contributed by atoms with Gasteiger partial charge in [-0.25, -0.2) is 4.39 Å². The summed E-state index contributed by atoms with van der Waals surface area (Å²) in [5.41, 5.74) is 1.55. The van der Waals surface area contributed by atoms with Crippen molar-refractivity contribution in [3.63, 3.8) is 0 Å². The van der Waals surface area contributed by atoms with Crippen LogP contribution in [0.2, 0.25) is 0 Å². The van der Waals surface area contributed by atoms with Crippen LogP contribution < -0.4 is 4.90 Å². The van der Waals surface area contributed by atoms with Crippen molar-refractivity contribution >= 4 is 5.69 Å². The van der Waals surface area contributed by atoms with Gasteiger partial charge in [-0.05, 0) is 44.4 Å². The predicted molar refractivity (Wildman–Crippen MR) is 74.4 cm³/mol. The zero-order valence-electron chi connectivity index (χ0n) is 11.9. The van der Waals surface area contributed by atoms with E-state index in [1.165, 1.54) is 12.1 Å². The Morgan fingerprint density at radius 3 is 2.33 bits per heavy atom. The normalized spacial score (nSPS) is 14.7. The van der Waals surface area contributed by atoms with E-state index in [0.717, 1.165) is 12.1 Å². The number of anilines is 1. The highest BCUT2D eigenvalue weighted by atomic mass is 19.1. The van der Waals surface area contributed by atoms with Gasteiger partial charge in [0.05, 0.1) is 6.10 Å². The molecule has 0 spiro atoms. The zero-order valence-corrected chi connectivity index (χ0v) is 11.9. The Morgan fingerprint density at radius 1 is 1.22 bits per heavy atom. The number of rotatable bonds is 5. The summed E-state index contributed by atoms with van der Waals surface area (Å²) in [6.07, 6.45) is 0.400. The number of aliphatic hydroxyl groups excluding tert-OH is 1. The van der Waals surface area contributed by atoms with Crippen LogP contribution in [0.5, 0.6) is 0 Å². The lowest BCUT2D eigenvalue weighted by atomic mass is 10.0. The van der Waals surface area contributed by atoms with Crippen LogP contribution in [-0.2, 0) is 0 Å². The van der Waals surface area contributed by atoms with Crippen molar-refractivity contribution < 1.29 is 9.50 Å². The third-order valence-electron chi connectivity index (χ3n) is 3.29. The second-order valence-electron chi connectivity index (χ2n) is 5.47. The number of halogens is 1. The molecule has 1 N–H and O–H groups in total. The maximum Gasteiger partial charge on any atom is 0.123 e. The van der Waals surface area contributed by atoms with Crippen molar-refractivity contribution in [3.05, 3.63) is 29.6 Å². The minimum absolute atomic E-state index is 0.306. The molecule has 2 nitrogen and oxygen atoms in total. The molecule has 0 saturated carbocycles. The quantitative estimate of drug-likeness (QED) is 0.864. The van der Waals surface area contributed by atoms with Gasteiger partial charge < -0.3 is 10.0 Å². The van der Waals surface area contributed by atoms with Crippen molar-refractivity contribution in [1.82, 2.24) is 0 Å². The Labute approximate surface area is 109 Å². The van der Waals surface area contributed by atoms with Crippen molar-refractivity contribution in [2.75, 3.05) is 11.9 Å². The first-order valence-corrected chi connectivity index (χ1v) is 6.53. The van der Waals surface area contributed by atoms with E-state index in [1.807, 2.05) is 7.05 Å². The molecule has 1 aromatic rings. The van der Waals surface area contributed by atoms with Gasteiger partial charge >= 0.3 is 0 Å². The van der Waals surface area contributed by atoms with Crippen LogP contribution in [-0.4, -0.2) is 18.2 Å². The largest absolute Gasteiger partial charge is 0.389 e. The average Bonchev–Trinajstić information content (AvgIpc) is 2.26. The van der Waals surface area contributed by atoms with Crippen LogP contribution in [0.3, 0.4) is 0 Å². The Hall–Kier alpha value is -1.09. The zero-order chi connectivity index (χ0) is 13.9. The summed E-state index contributed by atoms with van der Waals surface area (Å²) >= 11 is 0. The average molecular weight is 253 g/mol. The Bertz CT molecular complexity index is 390. The molecule has 18 heavy (non-hydrogen) atoms. The van der Waals surface area contributed by atoms with Gasteiger partial charge in [-0.3, -0.25) is 0 Å². The Kier molecular flexibility index (Phi) is 5.15. The van der Waals surface area contributed by atoms with Gasteiger partial charge in [0.2, 0.25) is 0 Å². The summed E-state index contributed by atoms with van der Waals surface area (Å²) in [6, 6.07) is 4.96. The third-order valence-corrected chi connectivity index (χ3v) is 3.29. The standard InChI is InChI=1S/C15H24FNO/c1-10(2)8-11(3)17(5)15-7-6-13(16)9-14(15)12(4)18/h6-7,9-12,18H,8H2,1-5H3/t11?,12-/m1/s1. The van der Waals surface area contributed by atoms with E-state index in [-0.39, 0.29) is 5.82 Å². The maximum atomic E-state index is 13.3. The number of hydrogen-bond donors (Lipinski definition) is 1. The molecule has 0 aliphatic carbocycles. The second-order valence-corrected chi connectivity index (χ2v) is 5.47. The van der Waals surface area contributed by atoms with Crippen molar-refractivity contribution in [2.24, 2.45) is 5.92 Å². The van der Waals surface area contributed by atoms with E-state index in [9.17, 15) is 9.50 Å². The molecule has 0 radical (unpaired) electrons. The molecule has 0 heterocycles. The smallest absolute Gasteiger partial charge is 0.123 e. The molecule has 2 atom stereocenters. The lowest BCUT2D eigenvalue weighted by molar-refractivity contribution is 0.199. The molecule has 3 heteroatoms. The fourth-order valence-electron chi connectivity index (χ4n) is 2.26. The number of benzene rings is 1. The minimum atomic E-state index is -0.663. The monoisotopic (exact) mass is 253 g/mol. The molecule has 1 unspecified atom stereocenters. The van der Waals surface area contributed by atoms with Crippen LogP contribution in [0.1, 0.15) is 45.8 Å². The van der Waals surface area contributed by atoms with Crippen LogP contribution in [0.15, 0.2) is 18.2 Å². The van der Waals surface area contributed by atoms with Gasteiger partial charge in [0.1, 0.15) is 5.82 Å². The van der Waals surface area contributed by atoms with Crippen LogP contribution >= 0.6 is 0 Å². The summed E-state index contributed by atoms with van der Waals surface area (Å²) in [5, 5.41) is 9.75. The number of nitrogens with zero attached hydrogens (tertiary/aromatic N) is 1. The van der Waals surface area contributed by atoms with Crippen molar-refractivity contribution in [2.45, 2.75) is 46.3 Å². The van der Waals surface area contributed by atoms with E-state index in [2.05, 4.69) is 25.7 Å². The SMILES string of the molecule is CC(C)CC(C)N(C)c1ccc(F)cc1[C@@H](C)O. The molecule has 0 bridgehead atoms. The van der Waals surface area contributed by atoms with Crippen LogP contribution in [0, 0.1) is 11.7 Å². The number of hydrogen-bond acceptors (Lipinski definition) is 2. The summed E-state index contributed by atoms with van der Waals surface area (Å²) in [7, 11) is 1.99. The Balaban J connectivity index is 3.01. The molecule has 1 rings (SSSR count). The predicted octanol–water partition coefficient (Wildman–Crippen LogP) is 3.75. The fraction of sp³-hybridized carbons (Fsp3) is 0.600. The molecule has 0 amide bonds. The van der Waals surface area contributed by atoms with Gasteiger partial charge in [-0.2, -0.15) is 0 Å². The first kappa shape index (κ1) is 15.0. The van der Waals surface area contributed by atoms with Gasteiger partial charge in [-0.1, -0.05) is 13.8 Å². The third kappa shape index (κ3) is 3.70. The van der Waals surface area contributed by atoms with E-state index in [4.69, 9.17) is 0 Å². The molecular formula is C15H24FNO. The molecule has 102 valence electrons. The Morgan fingerprint density at radius 2 is 1.83 bits per heavy atom. The number of aliphatic hydroxyl groups is 1. The molecular weight excluding hydrogens is 229 g/mol. The van der Waals surface area contributed by atoms with E-state index in [0.29, 0.717) is 17.5 Å². The first-order chi connectivity index (χ1) is 8.32. The lowest BCUT2D eigenvalue weighted by Crippen LogP contribution is -2.31. The molecule has 0 saturated heterocycles. The van der Waals surface area contributed by atoms with Gasteiger partial charge in [0, 0.05) is 24.3 Å². The molecule has 0 aliphatic heterocycles. The minimum Gasteiger partial charge on any atom is -0.389 e. The molecule has 0 aromatic heterocycles. The van der Waals surface area contributed by atoms with Gasteiger partial charge in [0.15, 0.2) is 0 Å². The highest BCUT2D eigenvalue weighted by Crippen LogP contribution is 2.28. The van der Waals surface area contributed by atoms with Gasteiger partial charge in [-0.15, -0.1) is 0 Å². The van der Waals surface area contributed by atoms with E-state index in [1.54, 1.807) is 13.0 Å². The summed E-state index contributed by atoms with van der Waals surface area (Å²) in [5.74, 6) is 0.303. The lowest BCUT2D eigenvalue weighted by Gasteiger charge is -2.30. The molecule has 0 aliphatic rings.